The molecule has 0 aromatic heterocycles. The van der Waals surface area contributed by atoms with Gasteiger partial charge in [-0.05, 0) is 84.3 Å². The molecule has 0 bridgehead atoms. The molecule has 188 valence electrons. The van der Waals surface area contributed by atoms with E-state index in [0.29, 0.717) is 22.4 Å². The zero-order valence-corrected chi connectivity index (χ0v) is 20.6. The van der Waals surface area contributed by atoms with Crippen molar-refractivity contribution in [3.8, 4) is 0 Å². The van der Waals surface area contributed by atoms with Crippen molar-refractivity contribution in [1.29, 1.82) is 0 Å². The minimum atomic E-state index is -0.507. The van der Waals surface area contributed by atoms with Crippen LogP contribution in [-0.2, 0) is 4.79 Å². The Bertz CT molecular complexity index is 1510. The number of carbonyl (C=O) groups is 3. The molecular weight excluding hydrogens is 479 g/mol. The lowest BCUT2D eigenvalue weighted by Gasteiger charge is -2.12. The van der Waals surface area contributed by atoms with Gasteiger partial charge >= 0.3 is 0 Å². The molecule has 4 aromatic carbocycles. The minimum Gasteiger partial charge on any atom is -0.321 e. The monoisotopic (exact) mass is 504 g/mol. The van der Waals surface area contributed by atoms with Crippen molar-refractivity contribution in [1.82, 2.24) is 5.32 Å². The molecule has 2 N–H and O–H groups in total. The van der Waals surface area contributed by atoms with E-state index in [9.17, 15) is 18.8 Å². The number of anilines is 1. The first-order valence-corrected chi connectivity index (χ1v) is 11.9. The van der Waals surface area contributed by atoms with Gasteiger partial charge in [-0.1, -0.05) is 60.7 Å². The highest BCUT2D eigenvalue weighted by atomic mass is 19.1. The van der Waals surface area contributed by atoms with Crippen LogP contribution in [0.3, 0.4) is 0 Å². The summed E-state index contributed by atoms with van der Waals surface area (Å²) >= 11 is 0. The molecule has 0 saturated heterocycles. The Hall–Kier alpha value is -5.10. The van der Waals surface area contributed by atoms with Crippen LogP contribution in [0.4, 0.5) is 10.1 Å². The van der Waals surface area contributed by atoms with E-state index in [-0.39, 0.29) is 17.3 Å². The van der Waals surface area contributed by atoms with Crippen LogP contribution in [0.5, 0.6) is 0 Å². The average molecular weight is 505 g/mol. The number of halogens is 1. The molecule has 6 heteroatoms. The van der Waals surface area contributed by atoms with Gasteiger partial charge in [-0.15, -0.1) is 0 Å². The number of hydrogen-bond donors (Lipinski definition) is 2. The molecule has 4 aromatic rings. The number of carbonyl (C=O) groups excluding carboxylic acids is 3. The first kappa shape index (κ1) is 26.0. The van der Waals surface area contributed by atoms with Gasteiger partial charge in [-0.2, -0.15) is 0 Å². The van der Waals surface area contributed by atoms with Gasteiger partial charge in [0, 0.05) is 16.8 Å². The third kappa shape index (κ3) is 6.98. The lowest BCUT2D eigenvalue weighted by Crippen LogP contribution is -2.30. The molecule has 0 atom stereocenters. The smallest absolute Gasteiger partial charge is 0.272 e. The quantitative estimate of drug-likeness (QED) is 0.214. The largest absolute Gasteiger partial charge is 0.321 e. The maximum Gasteiger partial charge on any atom is 0.272 e. The van der Waals surface area contributed by atoms with Crippen LogP contribution in [0.2, 0.25) is 0 Å². The maximum absolute atomic E-state index is 13.2. The van der Waals surface area contributed by atoms with E-state index in [1.54, 1.807) is 78.9 Å². The molecule has 2 amide bonds. The maximum atomic E-state index is 13.2. The van der Waals surface area contributed by atoms with Crippen LogP contribution in [0.15, 0.2) is 115 Å². The summed E-state index contributed by atoms with van der Waals surface area (Å²) in [5.41, 5.74) is 3.83. The highest BCUT2D eigenvalue weighted by molar-refractivity contribution is 6.11. The predicted molar refractivity (Wildman–Crippen MR) is 148 cm³/mol. The van der Waals surface area contributed by atoms with E-state index in [2.05, 4.69) is 10.6 Å². The molecule has 0 aliphatic heterocycles. The third-order valence-electron chi connectivity index (χ3n) is 5.74. The van der Waals surface area contributed by atoms with Crippen LogP contribution in [0.1, 0.15) is 37.4 Å². The standard InChI is InChI=1S/C32H25FN2O3/c1-22-7-5-6-10-26(22)21-29(35-31(37)25-8-3-2-4-9-25)32(38)34-28-18-14-24(15-19-28)30(36)20-13-23-11-16-27(33)17-12-23/h2-21H,1H3,(H,34,38)(H,35,37)/b20-13+,29-21-. The zero-order valence-electron chi connectivity index (χ0n) is 20.6. The summed E-state index contributed by atoms with van der Waals surface area (Å²) in [7, 11) is 0. The Morgan fingerprint density at radius 3 is 2.08 bits per heavy atom. The molecule has 0 aliphatic carbocycles. The molecule has 38 heavy (non-hydrogen) atoms. The number of allylic oxidation sites excluding steroid dienone is 1. The second kappa shape index (κ2) is 12.2. The van der Waals surface area contributed by atoms with Crippen molar-refractivity contribution in [2.24, 2.45) is 0 Å². The van der Waals surface area contributed by atoms with E-state index in [1.807, 2.05) is 31.2 Å². The first-order chi connectivity index (χ1) is 18.4. The SMILES string of the molecule is Cc1ccccc1/C=C(\NC(=O)c1ccccc1)C(=O)Nc1ccc(C(=O)/C=C/c2ccc(F)cc2)cc1. The topological polar surface area (TPSA) is 75.3 Å². The van der Waals surface area contributed by atoms with Gasteiger partial charge < -0.3 is 10.6 Å². The van der Waals surface area contributed by atoms with Crippen LogP contribution in [0.25, 0.3) is 12.2 Å². The fourth-order valence-electron chi connectivity index (χ4n) is 3.60. The molecular formula is C32H25FN2O3. The van der Waals surface area contributed by atoms with Gasteiger partial charge in [-0.25, -0.2) is 4.39 Å². The Kier molecular flexibility index (Phi) is 8.36. The van der Waals surface area contributed by atoms with Crippen LogP contribution < -0.4 is 10.6 Å². The molecule has 0 unspecified atom stereocenters. The first-order valence-electron chi connectivity index (χ1n) is 11.9. The van der Waals surface area contributed by atoms with Crippen molar-refractivity contribution < 1.29 is 18.8 Å². The number of amides is 2. The molecule has 0 fully saturated rings. The van der Waals surface area contributed by atoms with Gasteiger partial charge in [-0.3, -0.25) is 14.4 Å². The molecule has 4 rings (SSSR count). The lowest BCUT2D eigenvalue weighted by atomic mass is 10.1. The summed E-state index contributed by atoms with van der Waals surface area (Å²) < 4.78 is 13.1. The summed E-state index contributed by atoms with van der Waals surface area (Å²) in [5, 5.41) is 5.50. The lowest BCUT2D eigenvalue weighted by molar-refractivity contribution is -0.113. The van der Waals surface area contributed by atoms with Crippen molar-refractivity contribution in [2.75, 3.05) is 5.32 Å². The summed E-state index contributed by atoms with van der Waals surface area (Å²) in [6, 6.07) is 28.4. The average Bonchev–Trinajstić information content (AvgIpc) is 2.94. The highest BCUT2D eigenvalue weighted by Gasteiger charge is 2.16. The Morgan fingerprint density at radius 2 is 1.39 bits per heavy atom. The predicted octanol–water partition coefficient (Wildman–Crippen LogP) is 6.44. The molecule has 0 spiro atoms. The van der Waals surface area contributed by atoms with E-state index in [4.69, 9.17) is 0 Å². The fourth-order valence-corrected chi connectivity index (χ4v) is 3.60. The van der Waals surface area contributed by atoms with Gasteiger partial charge in [0.2, 0.25) is 0 Å². The number of rotatable bonds is 8. The van der Waals surface area contributed by atoms with Crippen molar-refractivity contribution in [2.45, 2.75) is 6.92 Å². The van der Waals surface area contributed by atoms with Crippen LogP contribution in [0, 0.1) is 12.7 Å². The molecule has 5 nitrogen and oxygen atoms in total. The number of benzene rings is 4. The van der Waals surface area contributed by atoms with E-state index in [1.165, 1.54) is 18.2 Å². The van der Waals surface area contributed by atoms with Crippen molar-refractivity contribution >= 4 is 35.4 Å². The molecule has 0 saturated carbocycles. The Balaban J connectivity index is 1.49. The van der Waals surface area contributed by atoms with E-state index >= 15 is 0 Å². The normalized spacial score (nSPS) is 11.3. The number of ketones is 1. The molecule has 0 heterocycles. The number of nitrogens with one attached hydrogen (secondary N) is 2. The zero-order chi connectivity index (χ0) is 26.9. The highest BCUT2D eigenvalue weighted by Crippen LogP contribution is 2.16. The van der Waals surface area contributed by atoms with Crippen molar-refractivity contribution in [3.63, 3.8) is 0 Å². The van der Waals surface area contributed by atoms with E-state index in [0.717, 1.165) is 11.1 Å². The fraction of sp³-hybridized carbons (Fsp3) is 0.0312. The number of aryl methyl sites for hydroxylation is 1. The second-order valence-corrected chi connectivity index (χ2v) is 8.52. The summed E-state index contributed by atoms with van der Waals surface area (Å²) in [4.78, 5) is 38.5. The minimum absolute atomic E-state index is 0.0792. The molecule has 0 aliphatic rings. The van der Waals surface area contributed by atoms with Gasteiger partial charge in [0.15, 0.2) is 5.78 Å². The second-order valence-electron chi connectivity index (χ2n) is 8.52. The Morgan fingerprint density at radius 1 is 0.737 bits per heavy atom. The van der Waals surface area contributed by atoms with Crippen LogP contribution in [-0.4, -0.2) is 17.6 Å². The van der Waals surface area contributed by atoms with Crippen molar-refractivity contribution in [3.05, 3.63) is 149 Å². The number of hydrogen-bond acceptors (Lipinski definition) is 3. The van der Waals surface area contributed by atoms with Gasteiger partial charge in [0.1, 0.15) is 11.5 Å². The van der Waals surface area contributed by atoms with E-state index < -0.39 is 11.8 Å². The summed E-state index contributed by atoms with van der Waals surface area (Å²) in [6.07, 6.45) is 4.64. The Labute approximate surface area is 220 Å². The third-order valence-corrected chi connectivity index (χ3v) is 5.74. The van der Waals surface area contributed by atoms with Crippen LogP contribution >= 0.6 is 0 Å². The summed E-state index contributed by atoms with van der Waals surface area (Å²) in [6.45, 7) is 1.92. The molecule has 0 radical (unpaired) electrons. The van der Waals surface area contributed by atoms with Gasteiger partial charge in [0.25, 0.3) is 11.8 Å². The summed E-state index contributed by atoms with van der Waals surface area (Å²) in [5.74, 6) is -1.49. The van der Waals surface area contributed by atoms with Gasteiger partial charge in [0.05, 0.1) is 0 Å².